The molecule has 0 atom stereocenters. The second-order valence-corrected chi connectivity index (χ2v) is 5.67. The first-order chi connectivity index (χ1) is 10.3. The van der Waals surface area contributed by atoms with Crippen LogP contribution in [0.5, 0.6) is 0 Å². The van der Waals surface area contributed by atoms with E-state index < -0.39 is 0 Å². The SMILES string of the molecule is CCCNc1nc(-c2cc(C)ccn2)nc2c1CCCC2. The maximum atomic E-state index is 4.78. The molecule has 0 amide bonds. The summed E-state index contributed by atoms with van der Waals surface area (Å²) >= 11 is 0. The first-order valence-electron chi connectivity index (χ1n) is 7.84. The van der Waals surface area contributed by atoms with Gasteiger partial charge in [-0.25, -0.2) is 9.97 Å². The quantitative estimate of drug-likeness (QED) is 0.931. The Morgan fingerprint density at radius 2 is 2.05 bits per heavy atom. The molecule has 1 aliphatic carbocycles. The standard InChI is InChI=1S/C17H22N4/c1-3-9-19-16-13-6-4-5-7-14(13)20-17(21-16)15-11-12(2)8-10-18-15/h8,10-11H,3-7,9H2,1-2H3,(H,19,20,21). The van der Waals surface area contributed by atoms with E-state index in [4.69, 9.17) is 9.97 Å². The molecule has 21 heavy (non-hydrogen) atoms. The highest BCUT2D eigenvalue weighted by molar-refractivity contribution is 5.57. The van der Waals surface area contributed by atoms with Crippen molar-refractivity contribution in [1.82, 2.24) is 15.0 Å². The highest BCUT2D eigenvalue weighted by Gasteiger charge is 2.18. The molecule has 2 aromatic rings. The number of pyridine rings is 1. The van der Waals surface area contributed by atoms with Crippen LogP contribution >= 0.6 is 0 Å². The predicted molar refractivity (Wildman–Crippen MR) is 85.4 cm³/mol. The van der Waals surface area contributed by atoms with E-state index in [2.05, 4.69) is 24.1 Å². The van der Waals surface area contributed by atoms with Gasteiger partial charge in [-0.05, 0) is 56.7 Å². The number of nitrogens with zero attached hydrogens (tertiary/aromatic N) is 3. The van der Waals surface area contributed by atoms with Crippen molar-refractivity contribution < 1.29 is 0 Å². The number of fused-ring (bicyclic) bond motifs is 1. The Hall–Kier alpha value is -1.97. The summed E-state index contributed by atoms with van der Waals surface area (Å²) in [4.78, 5) is 14.0. The topological polar surface area (TPSA) is 50.7 Å². The molecule has 0 fully saturated rings. The summed E-state index contributed by atoms with van der Waals surface area (Å²) in [5.41, 5.74) is 4.56. The van der Waals surface area contributed by atoms with Gasteiger partial charge in [-0.1, -0.05) is 6.92 Å². The Bertz CT molecular complexity index is 637. The lowest BCUT2D eigenvalue weighted by Gasteiger charge is -2.19. The number of aromatic nitrogens is 3. The van der Waals surface area contributed by atoms with Crippen molar-refractivity contribution in [3.8, 4) is 11.5 Å². The van der Waals surface area contributed by atoms with Crippen LogP contribution in [0.3, 0.4) is 0 Å². The molecule has 0 bridgehead atoms. The second-order valence-electron chi connectivity index (χ2n) is 5.67. The van der Waals surface area contributed by atoms with Gasteiger partial charge in [0.15, 0.2) is 5.82 Å². The molecule has 4 nitrogen and oxygen atoms in total. The van der Waals surface area contributed by atoms with Crippen LogP contribution in [0.15, 0.2) is 18.3 Å². The molecule has 2 heterocycles. The summed E-state index contributed by atoms with van der Waals surface area (Å²) in [6.45, 7) is 5.19. The summed E-state index contributed by atoms with van der Waals surface area (Å²) in [5, 5.41) is 3.47. The van der Waals surface area contributed by atoms with Gasteiger partial charge in [0.25, 0.3) is 0 Å². The van der Waals surface area contributed by atoms with Crippen LogP contribution in [0.25, 0.3) is 11.5 Å². The Balaban J connectivity index is 2.05. The van der Waals surface area contributed by atoms with Gasteiger partial charge in [-0.15, -0.1) is 0 Å². The molecular weight excluding hydrogens is 260 g/mol. The summed E-state index contributed by atoms with van der Waals surface area (Å²) in [5.74, 6) is 1.76. The maximum Gasteiger partial charge on any atom is 0.180 e. The van der Waals surface area contributed by atoms with E-state index in [1.54, 1.807) is 0 Å². The lowest BCUT2D eigenvalue weighted by molar-refractivity contribution is 0.664. The smallest absolute Gasteiger partial charge is 0.180 e. The molecule has 1 N–H and O–H groups in total. The van der Waals surface area contributed by atoms with Crippen LogP contribution < -0.4 is 5.32 Å². The Kier molecular flexibility index (Phi) is 4.13. The first kappa shape index (κ1) is 14.0. The number of rotatable bonds is 4. The molecule has 2 aromatic heterocycles. The third-order valence-electron chi connectivity index (χ3n) is 3.87. The number of hydrogen-bond acceptors (Lipinski definition) is 4. The largest absolute Gasteiger partial charge is 0.370 e. The molecule has 0 unspecified atom stereocenters. The van der Waals surface area contributed by atoms with Gasteiger partial charge in [0.2, 0.25) is 0 Å². The molecule has 0 saturated carbocycles. The van der Waals surface area contributed by atoms with Crippen molar-refractivity contribution in [3.63, 3.8) is 0 Å². The van der Waals surface area contributed by atoms with Gasteiger partial charge in [0, 0.05) is 24.0 Å². The molecule has 3 rings (SSSR count). The Morgan fingerprint density at radius 1 is 1.19 bits per heavy atom. The van der Waals surface area contributed by atoms with E-state index in [1.165, 1.54) is 29.7 Å². The van der Waals surface area contributed by atoms with Crippen LogP contribution in [0.2, 0.25) is 0 Å². The normalized spacial score (nSPS) is 13.8. The minimum atomic E-state index is 0.748. The van der Waals surface area contributed by atoms with E-state index in [9.17, 15) is 0 Å². The van der Waals surface area contributed by atoms with E-state index >= 15 is 0 Å². The zero-order chi connectivity index (χ0) is 14.7. The van der Waals surface area contributed by atoms with Crippen molar-refractivity contribution in [2.45, 2.75) is 46.0 Å². The first-order valence-corrected chi connectivity index (χ1v) is 7.84. The van der Waals surface area contributed by atoms with Gasteiger partial charge in [0.05, 0.1) is 0 Å². The van der Waals surface area contributed by atoms with E-state index in [-0.39, 0.29) is 0 Å². The van der Waals surface area contributed by atoms with Gasteiger partial charge >= 0.3 is 0 Å². The Labute approximate surface area is 126 Å². The van der Waals surface area contributed by atoms with Crippen LogP contribution in [0, 0.1) is 6.92 Å². The van der Waals surface area contributed by atoms with Crippen molar-refractivity contribution in [2.24, 2.45) is 0 Å². The minimum absolute atomic E-state index is 0.748. The number of nitrogens with one attached hydrogen (secondary N) is 1. The van der Waals surface area contributed by atoms with Crippen molar-refractivity contribution >= 4 is 5.82 Å². The maximum absolute atomic E-state index is 4.78. The van der Waals surface area contributed by atoms with Crippen molar-refractivity contribution in [1.29, 1.82) is 0 Å². The predicted octanol–water partition coefficient (Wildman–Crippen LogP) is 3.55. The highest BCUT2D eigenvalue weighted by atomic mass is 15.0. The molecule has 110 valence electrons. The van der Waals surface area contributed by atoms with Gasteiger partial charge in [-0.2, -0.15) is 0 Å². The molecule has 0 radical (unpaired) electrons. The average molecular weight is 282 g/mol. The lowest BCUT2D eigenvalue weighted by atomic mass is 9.96. The fourth-order valence-corrected chi connectivity index (χ4v) is 2.76. The van der Waals surface area contributed by atoms with Crippen LogP contribution in [-0.4, -0.2) is 21.5 Å². The summed E-state index contributed by atoms with van der Waals surface area (Å²) in [6, 6.07) is 4.05. The fourth-order valence-electron chi connectivity index (χ4n) is 2.76. The number of hydrogen-bond donors (Lipinski definition) is 1. The third kappa shape index (κ3) is 3.04. The zero-order valence-corrected chi connectivity index (χ0v) is 12.8. The van der Waals surface area contributed by atoms with Crippen LogP contribution in [0.4, 0.5) is 5.82 Å². The van der Waals surface area contributed by atoms with Crippen LogP contribution in [0.1, 0.15) is 43.0 Å². The van der Waals surface area contributed by atoms with E-state index in [0.717, 1.165) is 43.1 Å². The molecule has 4 heteroatoms. The third-order valence-corrected chi connectivity index (χ3v) is 3.87. The van der Waals surface area contributed by atoms with E-state index in [1.807, 2.05) is 18.3 Å². The van der Waals surface area contributed by atoms with Crippen molar-refractivity contribution in [2.75, 3.05) is 11.9 Å². The zero-order valence-electron chi connectivity index (χ0n) is 12.8. The second kappa shape index (κ2) is 6.20. The Morgan fingerprint density at radius 3 is 2.86 bits per heavy atom. The van der Waals surface area contributed by atoms with Crippen LogP contribution in [-0.2, 0) is 12.8 Å². The highest BCUT2D eigenvalue weighted by Crippen LogP contribution is 2.28. The molecule has 0 spiro atoms. The van der Waals surface area contributed by atoms with Crippen molar-refractivity contribution in [3.05, 3.63) is 35.2 Å². The van der Waals surface area contributed by atoms with E-state index in [0.29, 0.717) is 0 Å². The number of anilines is 1. The monoisotopic (exact) mass is 282 g/mol. The molecule has 1 aliphatic rings. The summed E-state index contributed by atoms with van der Waals surface area (Å²) in [7, 11) is 0. The lowest BCUT2D eigenvalue weighted by Crippen LogP contribution is -2.14. The number of aryl methyl sites for hydroxylation is 2. The van der Waals surface area contributed by atoms with Gasteiger partial charge in [0.1, 0.15) is 11.5 Å². The average Bonchev–Trinajstić information content (AvgIpc) is 2.52. The minimum Gasteiger partial charge on any atom is -0.370 e. The molecule has 0 saturated heterocycles. The fraction of sp³-hybridized carbons (Fsp3) is 0.471. The molecule has 0 aromatic carbocycles. The van der Waals surface area contributed by atoms with Gasteiger partial charge < -0.3 is 5.32 Å². The summed E-state index contributed by atoms with van der Waals surface area (Å²) < 4.78 is 0. The molecular formula is C17H22N4. The molecule has 0 aliphatic heterocycles. The van der Waals surface area contributed by atoms with Gasteiger partial charge in [-0.3, -0.25) is 4.98 Å². The summed E-state index contributed by atoms with van der Waals surface area (Å²) in [6.07, 6.45) is 7.51.